The minimum absolute atomic E-state index is 0.0229. The monoisotopic (exact) mass is 440 g/mol. The highest BCUT2D eigenvalue weighted by Gasteiger charge is 2.25. The summed E-state index contributed by atoms with van der Waals surface area (Å²) in [5.74, 6) is 1.20. The molecular weight excluding hydrogens is 404 g/mol. The van der Waals surface area contributed by atoms with E-state index in [9.17, 15) is 9.59 Å². The number of para-hydroxylation sites is 2. The first kappa shape index (κ1) is 22.8. The smallest absolute Gasteiger partial charge is 0.249 e. The van der Waals surface area contributed by atoms with Crippen molar-refractivity contribution in [3.8, 4) is 0 Å². The molecule has 7 nitrogen and oxygen atoms in total. The number of likely N-dealkylation sites (tertiary alicyclic amines) is 1. The number of aromatic nitrogens is 2. The van der Waals surface area contributed by atoms with Gasteiger partial charge in [0.15, 0.2) is 0 Å². The van der Waals surface area contributed by atoms with E-state index in [2.05, 4.69) is 22.9 Å². The third kappa shape index (κ3) is 5.49. The number of aryl methyl sites for hydroxylation is 1. The van der Waals surface area contributed by atoms with Crippen molar-refractivity contribution in [1.82, 2.24) is 19.8 Å². The van der Waals surface area contributed by atoms with Gasteiger partial charge in [-0.15, -0.1) is 0 Å². The Bertz CT molecular complexity index is 919. The predicted octanol–water partition coefficient (Wildman–Crippen LogP) is 3.45. The molecule has 2 fully saturated rings. The third-order valence-corrected chi connectivity index (χ3v) is 6.75. The number of fused-ring (bicyclic) bond motifs is 1. The molecule has 0 saturated carbocycles. The molecule has 2 amide bonds. The van der Waals surface area contributed by atoms with Crippen LogP contribution in [0.3, 0.4) is 0 Å². The van der Waals surface area contributed by atoms with Crippen LogP contribution in [0.5, 0.6) is 0 Å². The first-order valence-corrected chi connectivity index (χ1v) is 12.3. The number of nitrogens with zero attached hydrogens (tertiary/aromatic N) is 3. The van der Waals surface area contributed by atoms with E-state index in [4.69, 9.17) is 9.72 Å². The van der Waals surface area contributed by atoms with E-state index in [-0.39, 0.29) is 17.9 Å². The molecule has 2 aliphatic rings. The lowest BCUT2D eigenvalue weighted by atomic mass is 10.0. The van der Waals surface area contributed by atoms with Gasteiger partial charge in [-0.3, -0.25) is 9.59 Å². The van der Waals surface area contributed by atoms with Crippen molar-refractivity contribution in [3.05, 3.63) is 30.1 Å². The summed E-state index contributed by atoms with van der Waals surface area (Å²) in [6.45, 7) is 4.75. The number of amides is 2. The highest BCUT2D eigenvalue weighted by molar-refractivity contribution is 5.81. The maximum absolute atomic E-state index is 13.1. The van der Waals surface area contributed by atoms with Crippen molar-refractivity contribution in [1.29, 1.82) is 0 Å². The third-order valence-electron chi connectivity index (χ3n) is 6.75. The van der Waals surface area contributed by atoms with Gasteiger partial charge in [-0.25, -0.2) is 4.98 Å². The number of unbranched alkanes of at least 4 members (excludes halogenated alkanes) is 2. The summed E-state index contributed by atoms with van der Waals surface area (Å²) in [5.41, 5.74) is 1.98. The Kier molecular flexibility index (Phi) is 7.79. The highest BCUT2D eigenvalue weighted by atomic mass is 16.5. The standard InChI is InChI=1S/C25H36N4O3/c1-19-10-6-8-16-28(19)24(30)18-29-21-12-5-4-11-20(21)27-23(29)14-3-2-7-15-26-25(31)22-13-9-17-32-22/h4-5,11-12,19,22H,2-3,6-10,13-18H2,1H3,(H,26,31). The molecule has 0 radical (unpaired) electrons. The molecule has 2 atom stereocenters. The number of hydrogen-bond donors (Lipinski definition) is 1. The summed E-state index contributed by atoms with van der Waals surface area (Å²) in [4.78, 5) is 32.0. The van der Waals surface area contributed by atoms with Crippen LogP contribution in [0, 0.1) is 0 Å². The maximum Gasteiger partial charge on any atom is 0.249 e. The number of imidazole rings is 1. The number of ether oxygens (including phenoxy) is 1. The Balaban J connectivity index is 1.31. The molecule has 0 spiro atoms. The zero-order valence-corrected chi connectivity index (χ0v) is 19.2. The summed E-state index contributed by atoms with van der Waals surface area (Å²) >= 11 is 0. The minimum Gasteiger partial charge on any atom is -0.368 e. The molecule has 3 heterocycles. The normalized spacial score (nSPS) is 21.2. The highest BCUT2D eigenvalue weighted by Crippen LogP contribution is 2.21. The van der Waals surface area contributed by atoms with Crippen LogP contribution < -0.4 is 5.32 Å². The molecule has 1 aromatic carbocycles. The van der Waals surface area contributed by atoms with Crippen LogP contribution in [0.25, 0.3) is 11.0 Å². The molecule has 0 aliphatic carbocycles. The van der Waals surface area contributed by atoms with Crippen LogP contribution in [-0.4, -0.2) is 58.1 Å². The van der Waals surface area contributed by atoms with Crippen LogP contribution in [0.1, 0.15) is 64.1 Å². The van der Waals surface area contributed by atoms with Gasteiger partial charge in [0.2, 0.25) is 11.8 Å². The Morgan fingerprint density at radius 1 is 1.12 bits per heavy atom. The van der Waals surface area contributed by atoms with Crippen molar-refractivity contribution in [2.24, 2.45) is 0 Å². The zero-order valence-electron chi connectivity index (χ0n) is 19.2. The van der Waals surface area contributed by atoms with Gasteiger partial charge in [-0.1, -0.05) is 18.6 Å². The summed E-state index contributed by atoms with van der Waals surface area (Å²) in [7, 11) is 0. The van der Waals surface area contributed by atoms with Gasteiger partial charge in [0.1, 0.15) is 18.5 Å². The van der Waals surface area contributed by atoms with Crippen LogP contribution in [0.2, 0.25) is 0 Å². The first-order valence-electron chi connectivity index (χ1n) is 12.3. The van der Waals surface area contributed by atoms with Gasteiger partial charge in [-0.2, -0.15) is 0 Å². The number of benzene rings is 1. The molecule has 2 aliphatic heterocycles. The van der Waals surface area contributed by atoms with Crippen LogP contribution >= 0.6 is 0 Å². The second kappa shape index (κ2) is 10.9. The Morgan fingerprint density at radius 2 is 2.00 bits per heavy atom. The van der Waals surface area contributed by atoms with E-state index in [1.54, 1.807) is 0 Å². The molecule has 1 aromatic heterocycles. The summed E-state index contributed by atoms with van der Waals surface area (Å²) in [6, 6.07) is 8.40. The van der Waals surface area contributed by atoms with E-state index >= 15 is 0 Å². The molecular formula is C25H36N4O3. The predicted molar refractivity (Wildman–Crippen MR) is 124 cm³/mol. The van der Waals surface area contributed by atoms with Crippen LogP contribution in [0.15, 0.2) is 24.3 Å². The zero-order chi connectivity index (χ0) is 22.3. The van der Waals surface area contributed by atoms with Crippen LogP contribution in [-0.2, 0) is 27.3 Å². The average Bonchev–Trinajstić information content (AvgIpc) is 3.45. The molecule has 0 bridgehead atoms. The van der Waals surface area contributed by atoms with Crippen molar-refractivity contribution >= 4 is 22.8 Å². The average molecular weight is 441 g/mol. The number of nitrogens with one attached hydrogen (secondary N) is 1. The van der Waals surface area contributed by atoms with Gasteiger partial charge in [-0.05, 0) is 64.0 Å². The van der Waals surface area contributed by atoms with E-state index in [0.29, 0.717) is 25.7 Å². The fourth-order valence-electron chi connectivity index (χ4n) is 4.88. The van der Waals surface area contributed by atoms with E-state index in [1.807, 2.05) is 23.1 Å². The maximum atomic E-state index is 13.1. The lowest BCUT2D eigenvalue weighted by molar-refractivity contribution is -0.135. The first-order chi connectivity index (χ1) is 15.6. The number of hydrogen-bond acceptors (Lipinski definition) is 4. The van der Waals surface area contributed by atoms with Crippen molar-refractivity contribution in [2.75, 3.05) is 19.7 Å². The van der Waals surface area contributed by atoms with Gasteiger partial charge in [0.25, 0.3) is 0 Å². The van der Waals surface area contributed by atoms with Crippen LogP contribution in [0.4, 0.5) is 0 Å². The van der Waals surface area contributed by atoms with Gasteiger partial charge >= 0.3 is 0 Å². The molecule has 2 aromatic rings. The van der Waals surface area contributed by atoms with Gasteiger partial charge in [0.05, 0.1) is 11.0 Å². The molecule has 174 valence electrons. The topological polar surface area (TPSA) is 76.5 Å². The number of piperidine rings is 1. The Morgan fingerprint density at radius 3 is 2.81 bits per heavy atom. The number of carbonyl (C=O) groups is 2. The Hall–Kier alpha value is -2.41. The lowest BCUT2D eigenvalue weighted by Gasteiger charge is -2.33. The number of carbonyl (C=O) groups excluding carboxylic acids is 2. The number of rotatable bonds is 9. The summed E-state index contributed by atoms with van der Waals surface area (Å²) in [6.07, 6.45) is 8.69. The Labute approximate surface area is 190 Å². The largest absolute Gasteiger partial charge is 0.368 e. The molecule has 2 saturated heterocycles. The van der Waals surface area contributed by atoms with Crippen molar-refractivity contribution in [2.45, 2.75) is 83.4 Å². The SMILES string of the molecule is CC1CCCCN1C(=O)Cn1c(CCCCCNC(=O)C2CCCO2)nc2ccccc21. The fraction of sp³-hybridized carbons (Fsp3) is 0.640. The van der Waals surface area contributed by atoms with E-state index < -0.39 is 0 Å². The summed E-state index contributed by atoms with van der Waals surface area (Å²) < 4.78 is 7.53. The molecule has 2 unspecified atom stereocenters. The molecule has 1 N–H and O–H groups in total. The molecule has 32 heavy (non-hydrogen) atoms. The molecule has 7 heteroatoms. The second-order valence-corrected chi connectivity index (χ2v) is 9.14. The van der Waals surface area contributed by atoms with E-state index in [1.165, 1.54) is 6.42 Å². The summed E-state index contributed by atoms with van der Waals surface area (Å²) in [5, 5.41) is 2.99. The van der Waals surface area contributed by atoms with Gasteiger partial charge in [0, 0.05) is 32.2 Å². The van der Waals surface area contributed by atoms with Gasteiger partial charge < -0.3 is 19.5 Å². The van der Waals surface area contributed by atoms with Crippen molar-refractivity contribution in [3.63, 3.8) is 0 Å². The quantitative estimate of drug-likeness (QED) is 0.606. The lowest BCUT2D eigenvalue weighted by Crippen LogP contribution is -2.43. The van der Waals surface area contributed by atoms with Crippen molar-refractivity contribution < 1.29 is 14.3 Å². The second-order valence-electron chi connectivity index (χ2n) is 9.14. The fourth-order valence-corrected chi connectivity index (χ4v) is 4.88. The molecule has 4 rings (SSSR count). The van der Waals surface area contributed by atoms with E-state index in [0.717, 1.165) is 74.8 Å². The minimum atomic E-state index is -0.255.